The Hall–Kier alpha value is -2.05. The van der Waals surface area contributed by atoms with Crippen molar-refractivity contribution in [2.75, 3.05) is 13.2 Å². The van der Waals surface area contributed by atoms with Crippen LogP contribution in [0.1, 0.15) is 87.6 Å². The Morgan fingerprint density at radius 2 is 1.19 bits per heavy atom. The fraction of sp³-hybridized carbons (Fsp3) is 0.750. The summed E-state index contributed by atoms with van der Waals surface area (Å²) in [5.41, 5.74) is 0.704. The molecule has 10 nitrogen and oxygen atoms in total. The maximum absolute atomic E-state index is 11.7. The number of hydrogen-bond acceptors (Lipinski definition) is 10. The van der Waals surface area contributed by atoms with Crippen molar-refractivity contribution in [1.82, 2.24) is 0 Å². The van der Waals surface area contributed by atoms with E-state index in [1.54, 1.807) is 26.0 Å². The molecule has 0 bridgehead atoms. The SMILES string of the molecule is CCC(CC)(C1=N[C@@H](C(C)C)CO1)C1=N[C@@H](C(C)C)CO1.C[C@H](O)[C@@H](C)O.Cc1ccc(S(=O)(=O)O[C@H](C)[C@H](C)O)cc1. The highest BCUT2D eigenvalue weighted by Gasteiger charge is 2.46. The third kappa shape index (κ3) is 11.4. The van der Waals surface area contributed by atoms with Crippen LogP contribution in [0.5, 0.6) is 0 Å². The molecule has 2 heterocycles. The zero-order valence-corrected chi connectivity index (χ0v) is 28.8. The van der Waals surface area contributed by atoms with Crippen LogP contribution in [0.25, 0.3) is 0 Å². The van der Waals surface area contributed by atoms with E-state index in [9.17, 15) is 13.5 Å². The molecule has 3 rings (SSSR count). The van der Waals surface area contributed by atoms with Crippen LogP contribution in [0, 0.1) is 24.2 Å². The summed E-state index contributed by atoms with van der Waals surface area (Å²) in [5.74, 6) is 2.69. The van der Waals surface area contributed by atoms with Gasteiger partial charge in [-0.1, -0.05) is 59.2 Å². The Balaban J connectivity index is 0.000000371. The van der Waals surface area contributed by atoms with Gasteiger partial charge >= 0.3 is 0 Å². The van der Waals surface area contributed by atoms with E-state index in [2.05, 4.69) is 41.5 Å². The minimum absolute atomic E-state index is 0.102. The molecule has 11 heteroatoms. The van der Waals surface area contributed by atoms with Gasteiger partial charge in [-0.05, 0) is 71.4 Å². The topological polar surface area (TPSA) is 147 Å². The minimum Gasteiger partial charge on any atom is -0.478 e. The first-order valence-corrected chi connectivity index (χ1v) is 16.8. The highest BCUT2D eigenvalue weighted by Crippen LogP contribution is 2.37. The second-order valence-corrected chi connectivity index (χ2v) is 13.8. The molecule has 0 aliphatic carbocycles. The van der Waals surface area contributed by atoms with Crippen LogP contribution in [-0.4, -0.2) is 85.2 Å². The Morgan fingerprint density at radius 3 is 1.47 bits per heavy atom. The molecular formula is C32H56N2O8S. The first-order chi connectivity index (χ1) is 19.9. The highest BCUT2D eigenvalue weighted by molar-refractivity contribution is 7.86. The summed E-state index contributed by atoms with van der Waals surface area (Å²) in [6, 6.07) is 6.89. The second kappa shape index (κ2) is 17.4. The number of hydrogen-bond donors (Lipinski definition) is 3. The van der Waals surface area contributed by atoms with Crippen molar-refractivity contribution in [2.45, 2.75) is 130 Å². The molecular weight excluding hydrogens is 572 g/mol. The Labute approximate surface area is 259 Å². The smallest absolute Gasteiger partial charge is 0.297 e. The van der Waals surface area contributed by atoms with Crippen molar-refractivity contribution >= 4 is 21.9 Å². The van der Waals surface area contributed by atoms with E-state index < -0.39 is 34.5 Å². The van der Waals surface area contributed by atoms with Gasteiger partial charge in [-0.3, -0.25) is 4.18 Å². The number of aliphatic hydroxyl groups is 3. The summed E-state index contributed by atoms with van der Waals surface area (Å²) in [5, 5.41) is 25.9. The lowest BCUT2D eigenvalue weighted by Gasteiger charge is -2.29. The van der Waals surface area contributed by atoms with Crippen LogP contribution >= 0.6 is 0 Å². The van der Waals surface area contributed by atoms with Gasteiger partial charge in [0.1, 0.15) is 24.7 Å². The third-order valence-corrected chi connectivity index (χ3v) is 9.28. The van der Waals surface area contributed by atoms with Crippen LogP contribution in [0.2, 0.25) is 0 Å². The van der Waals surface area contributed by atoms with Gasteiger partial charge in [-0.2, -0.15) is 8.42 Å². The van der Waals surface area contributed by atoms with Gasteiger partial charge in [0, 0.05) is 0 Å². The number of benzene rings is 1. The summed E-state index contributed by atoms with van der Waals surface area (Å²) in [6.07, 6.45) is -0.949. The molecule has 248 valence electrons. The van der Waals surface area contributed by atoms with Crippen LogP contribution in [-0.2, 0) is 23.8 Å². The van der Waals surface area contributed by atoms with E-state index in [-0.39, 0.29) is 22.4 Å². The normalized spacial score (nSPS) is 21.3. The van der Waals surface area contributed by atoms with Crippen molar-refractivity contribution in [3.8, 4) is 0 Å². The molecule has 43 heavy (non-hydrogen) atoms. The van der Waals surface area contributed by atoms with Crippen molar-refractivity contribution in [3.05, 3.63) is 29.8 Å². The highest BCUT2D eigenvalue weighted by atomic mass is 32.2. The first-order valence-electron chi connectivity index (χ1n) is 15.4. The van der Waals surface area contributed by atoms with Gasteiger partial charge in [-0.25, -0.2) is 9.98 Å². The predicted molar refractivity (Wildman–Crippen MR) is 171 cm³/mol. The number of aliphatic hydroxyl groups excluding tert-OH is 3. The molecule has 0 unspecified atom stereocenters. The Bertz CT molecular complexity index is 1080. The monoisotopic (exact) mass is 628 g/mol. The van der Waals surface area contributed by atoms with Crippen molar-refractivity contribution < 1.29 is 37.4 Å². The molecule has 0 amide bonds. The zero-order valence-electron chi connectivity index (χ0n) is 27.9. The second-order valence-electron chi connectivity index (χ2n) is 12.2. The lowest BCUT2D eigenvalue weighted by atomic mass is 9.81. The fourth-order valence-electron chi connectivity index (χ4n) is 3.97. The van der Waals surface area contributed by atoms with Gasteiger partial charge in [0.15, 0.2) is 11.8 Å². The van der Waals surface area contributed by atoms with E-state index in [1.165, 1.54) is 26.0 Å². The van der Waals surface area contributed by atoms with Gasteiger partial charge in [0.05, 0.1) is 35.3 Å². The van der Waals surface area contributed by atoms with E-state index in [0.29, 0.717) is 25.0 Å². The summed E-state index contributed by atoms with van der Waals surface area (Å²) in [6.45, 7) is 22.5. The molecule has 1 aromatic carbocycles. The number of aliphatic imine (C=N–C) groups is 2. The number of ether oxygens (including phenoxy) is 2. The third-order valence-electron chi connectivity index (χ3n) is 7.88. The summed E-state index contributed by atoms with van der Waals surface area (Å²) >= 11 is 0. The molecule has 3 N–H and O–H groups in total. The predicted octanol–water partition coefficient (Wildman–Crippen LogP) is 4.92. The molecule has 2 aliphatic heterocycles. The molecule has 0 fully saturated rings. The molecule has 0 aromatic heterocycles. The standard InChI is InChI=1S/C17H30N2O2.C11H16O4S.C4H10O2/c1-7-17(8-2,15-18-13(9-20-15)11(3)4)16-19-14(10-21-16)12(5)6;1-8-4-6-11(7-5-8)16(13,14)15-10(3)9(2)12;1-3(5)4(2)6/h11-14H,7-10H2,1-6H3;4-7,9-10,12H,1-3H3;3-6H,1-2H3/t13-,14-;9-,10+;3-,4+/m10./s1. The van der Waals surface area contributed by atoms with Gasteiger partial charge < -0.3 is 24.8 Å². The Morgan fingerprint density at radius 1 is 0.791 bits per heavy atom. The quantitative estimate of drug-likeness (QED) is 0.293. The molecule has 0 radical (unpaired) electrons. The maximum Gasteiger partial charge on any atom is 0.297 e. The molecule has 1 aromatic rings. The van der Waals surface area contributed by atoms with E-state index in [0.717, 1.165) is 30.2 Å². The summed E-state index contributed by atoms with van der Waals surface area (Å²) in [7, 11) is -3.78. The largest absolute Gasteiger partial charge is 0.478 e. The average molecular weight is 629 g/mol. The summed E-state index contributed by atoms with van der Waals surface area (Å²) < 4.78 is 40.2. The molecule has 0 spiro atoms. The lowest BCUT2D eigenvalue weighted by molar-refractivity contribution is 0.0438. The van der Waals surface area contributed by atoms with Crippen LogP contribution in [0.15, 0.2) is 39.1 Å². The van der Waals surface area contributed by atoms with Crippen LogP contribution < -0.4 is 0 Å². The van der Waals surface area contributed by atoms with E-state index in [1.807, 2.05) is 6.92 Å². The molecule has 2 aliphatic rings. The van der Waals surface area contributed by atoms with Crippen molar-refractivity contribution in [1.29, 1.82) is 0 Å². The average Bonchev–Trinajstić information content (AvgIpc) is 3.62. The van der Waals surface area contributed by atoms with Crippen LogP contribution in [0.3, 0.4) is 0 Å². The van der Waals surface area contributed by atoms with E-state index >= 15 is 0 Å². The van der Waals surface area contributed by atoms with Crippen LogP contribution in [0.4, 0.5) is 0 Å². The minimum atomic E-state index is -3.78. The fourth-order valence-corrected chi connectivity index (χ4v) is 5.11. The number of aryl methyl sites for hydroxylation is 1. The van der Waals surface area contributed by atoms with Gasteiger partial charge in [0.2, 0.25) is 0 Å². The zero-order chi connectivity index (χ0) is 33.1. The maximum atomic E-state index is 11.7. The summed E-state index contributed by atoms with van der Waals surface area (Å²) in [4.78, 5) is 9.80. The number of nitrogens with zero attached hydrogens (tertiary/aromatic N) is 2. The number of rotatable bonds is 11. The molecule has 6 atom stereocenters. The lowest BCUT2D eigenvalue weighted by Crippen LogP contribution is -2.39. The van der Waals surface area contributed by atoms with Gasteiger partial charge in [0.25, 0.3) is 10.1 Å². The molecule has 0 saturated heterocycles. The van der Waals surface area contributed by atoms with E-state index in [4.69, 9.17) is 33.9 Å². The Kier molecular flexibility index (Phi) is 15.8. The first kappa shape index (κ1) is 39.0. The van der Waals surface area contributed by atoms with Gasteiger partial charge in [-0.15, -0.1) is 0 Å². The molecule has 0 saturated carbocycles. The van der Waals surface area contributed by atoms with Crippen molar-refractivity contribution in [2.24, 2.45) is 27.2 Å². The van der Waals surface area contributed by atoms with Crippen molar-refractivity contribution in [3.63, 3.8) is 0 Å².